The van der Waals surface area contributed by atoms with Gasteiger partial charge < -0.3 is 19.7 Å². The minimum atomic E-state index is -0.353. The molecule has 0 spiro atoms. The molecule has 1 amide bonds. The zero-order valence-electron chi connectivity index (χ0n) is 17.8. The molecule has 0 radical (unpaired) electrons. The van der Waals surface area contributed by atoms with Crippen LogP contribution in [0.25, 0.3) is 0 Å². The van der Waals surface area contributed by atoms with E-state index in [0.717, 1.165) is 22.4 Å². The molecule has 7 nitrogen and oxygen atoms in total. The van der Waals surface area contributed by atoms with Gasteiger partial charge in [0.15, 0.2) is 5.71 Å². The lowest BCUT2D eigenvalue weighted by atomic mass is 9.98. The van der Waals surface area contributed by atoms with Crippen molar-refractivity contribution in [3.05, 3.63) is 64.7 Å². The van der Waals surface area contributed by atoms with Crippen molar-refractivity contribution in [2.45, 2.75) is 20.5 Å². The van der Waals surface area contributed by atoms with E-state index in [-0.39, 0.29) is 18.2 Å². The van der Waals surface area contributed by atoms with Crippen LogP contribution in [0, 0.1) is 18.8 Å². The predicted octanol–water partition coefficient (Wildman–Crippen LogP) is 3.04. The van der Waals surface area contributed by atoms with Crippen LogP contribution in [-0.4, -0.2) is 38.6 Å². The van der Waals surface area contributed by atoms with Crippen molar-refractivity contribution in [3.8, 4) is 17.6 Å². The number of ether oxygens (including phenoxy) is 1. The molecule has 30 heavy (non-hydrogen) atoms. The summed E-state index contributed by atoms with van der Waals surface area (Å²) in [6.07, 6.45) is 0. The van der Waals surface area contributed by atoms with Crippen molar-refractivity contribution in [3.63, 3.8) is 0 Å². The number of benzene rings is 2. The van der Waals surface area contributed by atoms with Gasteiger partial charge in [0.25, 0.3) is 5.91 Å². The molecule has 0 aliphatic carbocycles. The monoisotopic (exact) mass is 407 g/mol. The van der Waals surface area contributed by atoms with Crippen LogP contribution < -0.4 is 10.1 Å². The highest BCUT2D eigenvalue weighted by molar-refractivity contribution is 6.45. The molecule has 2 aromatic carbocycles. The summed E-state index contributed by atoms with van der Waals surface area (Å²) in [4.78, 5) is 22.5. The Labute approximate surface area is 176 Å². The SMILES string of the molecule is CNC(=O)/C(=N/OC)c1cccc(C)c1CO/N=C(\C)C#Cc1ccc(OC)cc1. The number of amides is 1. The lowest BCUT2D eigenvalue weighted by Crippen LogP contribution is -2.29. The van der Waals surface area contributed by atoms with Gasteiger partial charge in [-0.2, -0.15) is 0 Å². The van der Waals surface area contributed by atoms with Gasteiger partial charge in [-0.05, 0) is 49.6 Å². The summed E-state index contributed by atoms with van der Waals surface area (Å²) >= 11 is 0. The first-order valence-corrected chi connectivity index (χ1v) is 9.24. The van der Waals surface area contributed by atoms with Crippen LogP contribution in [0.2, 0.25) is 0 Å². The van der Waals surface area contributed by atoms with E-state index in [9.17, 15) is 4.79 Å². The zero-order valence-corrected chi connectivity index (χ0v) is 17.8. The lowest BCUT2D eigenvalue weighted by molar-refractivity contribution is -0.114. The molecule has 7 heteroatoms. The number of likely N-dealkylation sites (N-methyl/N-ethyl adjacent to an activating group) is 1. The lowest BCUT2D eigenvalue weighted by Gasteiger charge is -2.12. The summed E-state index contributed by atoms with van der Waals surface area (Å²) in [6.45, 7) is 3.84. The molecule has 0 heterocycles. The number of nitrogens with zero attached hydrogens (tertiary/aromatic N) is 2. The van der Waals surface area contributed by atoms with Crippen molar-refractivity contribution < 1.29 is 19.2 Å². The third kappa shape index (κ3) is 6.11. The second-order valence-electron chi connectivity index (χ2n) is 6.23. The summed E-state index contributed by atoms with van der Waals surface area (Å²) in [5.74, 6) is 6.39. The fraction of sp³-hybridized carbons (Fsp3) is 0.261. The van der Waals surface area contributed by atoms with Crippen LogP contribution >= 0.6 is 0 Å². The van der Waals surface area contributed by atoms with Crippen molar-refractivity contribution in [2.75, 3.05) is 21.3 Å². The van der Waals surface area contributed by atoms with Gasteiger partial charge in [0.05, 0.1) is 7.11 Å². The van der Waals surface area contributed by atoms with Crippen LogP contribution in [0.15, 0.2) is 52.8 Å². The zero-order chi connectivity index (χ0) is 21.9. The Morgan fingerprint density at radius 3 is 2.47 bits per heavy atom. The number of rotatable bonds is 7. The van der Waals surface area contributed by atoms with Gasteiger partial charge in [0, 0.05) is 23.7 Å². The van der Waals surface area contributed by atoms with E-state index in [2.05, 4.69) is 27.5 Å². The Bertz CT molecular complexity index is 999. The van der Waals surface area contributed by atoms with E-state index >= 15 is 0 Å². The fourth-order valence-electron chi connectivity index (χ4n) is 2.59. The standard InChI is InChI=1S/C23H25N3O4/c1-16-7-6-8-20(22(26-29-5)23(27)24-3)21(16)15-30-25-17(2)9-10-18-11-13-19(28-4)14-12-18/h6-8,11-14H,15H2,1-5H3,(H,24,27)/b25-17+,26-22+. The van der Waals surface area contributed by atoms with Crippen molar-refractivity contribution in [2.24, 2.45) is 10.3 Å². The van der Waals surface area contributed by atoms with Gasteiger partial charge in [0.2, 0.25) is 0 Å². The second kappa shape index (κ2) is 11.3. The first-order chi connectivity index (χ1) is 14.5. The molecule has 2 rings (SSSR count). The Morgan fingerprint density at radius 2 is 1.83 bits per heavy atom. The maximum absolute atomic E-state index is 12.2. The van der Waals surface area contributed by atoms with Crippen molar-refractivity contribution in [1.82, 2.24) is 5.32 Å². The van der Waals surface area contributed by atoms with Crippen LogP contribution in [-0.2, 0) is 21.1 Å². The van der Waals surface area contributed by atoms with Gasteiger partial charge in [-0.1, -0.05) is 34.4 Å². The van der Waals surface area contributed by atoms with E-state index in [1.54, 1.807) is 20.1 Å². The van der Waals surface area contributed by atoms with Crippen LogP contribution in [0.4, 0.5) is 0 Å². The molecule has 0 aliphatic heterocycles. The first kappa shape index (κ1) is 22.5. The van der Waals surface area contributed by atoms with Gasteiger partial charge in [-0.15, -0.1) is 0 Å². The van der Waals surface area contributed by atoms with Gasteiger partial charge in [-0.3, -0.25) is 4.79 Å². The highest BCUT2D eigenvalue weighted by Gasteiger charge is 2.19. The average molecular weight is 407 g/mol. The number of oxime groups is 2. The first-order valence-electron chi connectivity index (χ1n) is 9.24. The molecule has 0 fully saturated rings. The minimum Gasteiger partial charge on any atom is -0.497 e. The number of carbonyl (C=O) groups excluding carboxylic acids is 1. The third-order valence-corrected chi connectivity index (χ3v) is 4.18. The van der Waals surface area contributed by atoms with E-state index in [4.69, 9.17) is 14.4 Å². The normalized spacial score (nSPS) is 11.2. The molecule has 1 N–H and O–H groups in total. The molecular weight excluding hydrogens is 382 g/mol. The highest BCUT2D eigenvalue weighted by Crippen LogP contribution is 2.17. The predicted molar refractivity (Wildman–Crippen MR) is 117 cm³/mol. The molecule has 0 saturated carbocycles. The summed E-state index contributed by atoms with van der Waals surface area (Å²) < 4.78 is 5.13. The van der Waals surface area contributed by atoms with Crippen LogP contribution in [0.5, 0.6) is 5.75 Å². The molecule has 0 aromatic heterocycles. The fourth-order valence-corrected chi connectivity index (χ4v) is 2.59. The maximum atomic E-state index is 12.2. The number of aryl methyl sites for hydroxylation is 1. The second-order valence-corrected chi connectivity index (χ2v) is 6.23. The highest BCUT2D eigenvalue weighted by atomic mass is 16.6. The Balaban J connectivity index is 2.16. The molecule has 156 valence electrons. The number of nitrogens with one attached hydrogen (secondary N) is 1. The minimum absolute atomic E-state index is 0.156. The van der Waals surface area contributed by atoms with Gasteiger partial charge in [0.1, 0.15) is 25.2 Å². The summed E-state index contributed by atoms with van der Waals surface area (Å²) in [5.41, 5.74) is 3.89. The van der Waals surface area contributed by atoms with Gasteiger partial charge >= 0.3 is 0 Å². The number of hydrogen-bond acceptors (Lipinski definition) is 6. The number of hydrogen-bond donors (Lipinski definition) is 1. The average Bonchev–Trinajstić information content (AvgIpc) is 2.77. The van der Waals surface area contributed by atoms with Crippen LogP contribution in [0.1, 0.15) is 29.2 Å². The molecule has 2 aromatic rings. The summed E-state index contributed by atoms with van der Waals surface area (Å²) in [6, 6.07) is 13.0. The van der Waals surface area contributed by atoms with E-state index in [1.807, 2.05) is 43.3 Å². The number of methoxy groups -OCH3 is 1. The smallest absolute Gasteiger partial charge is 0.273 e. The quantitative estimate of drug-likeness (QED) is 0.435. The molecule has 0 bridgehead atoms. The summed E-state index contributed by atoms with van der Waals surface area (Å²) in [7, 11) is 4.55. The van der Waals surface area contributed by atoms with Gasteiger partial charge in [-0.25, -0.2) is 0 Å². The number of carbonyl (C=O) groups is 1. The van der Waals surface area contributed by atoms with Crippen molar-refractivity contribution in [1.29, 1.82) is 0 Å². The van der Waals surface area contributed by atoms with E-state index in [1.165, 1.54) is 14.2 Å². The Kier molecular flexibility index (Phi) is 8.45. The molecule has 0 aliphatic rings. The van der Waals surface area contributed by atoms with E-state index < -0.39 is 0 Å². The van der Waals surface area contributed by atoms with E-state index in [0.29, 0.717) is 11.3 Å². The Morgan fingerprint density at radius 1 is 1.10 bits per heavy atom. The maximum Gasteiger partial charge on any atom is 0.273 e. The van der Waals surface area contributed by atoms with Crippen LogP contribution in [0.3, 0.4) is 0 Å². The third-order valence-electron chi connectivity index (χ3n) is 4.18. The topological polar surface area (TPSA) is 81.5 Å². The summed E-state index contributed by atoms with van der Waals surface area (Å²) in [5, 5.41) is 10.5. The molecule has 0 atom stereocenters. The van der Waals surface area contributed by atoms with Crippen molar-refractivity contribution >= 4 is 17.3 Å². The Hall–Kier alpha value is -3.79. The molecule has 0 unspecified atom stereocenters. The molecule has 0 saturated heterocycles. The molecular formula is C23H25N3O4. The largest absolute Gasteiger partial charge is 0.497 e.